The third kappa shape index (κ3) is 3.46. The zero-order chi connectivity index (χ0) is 11.4. The van der Waals surface area contributed by atoms with Crippen LogP contribution in [-0.4, -0.2) is 11.0 Å². The first-order valence-corrected chi connectivity index (χ1v) is 7.02. The van der Waals surface area contributed by atoms with Crippen molar-refractivity contribution in [1.29, 1.82) is 0 Å². The van der Waals surface area contributed by atoms with Gasteiger partial charge in [0.25, 0.3) is 0 Å². The molecule has 1 aromatic heterocycles. The summed E-state index contributed by atoms with van der Waals surface area (Å²) in [6, 6.07) is 0.633. The lowest BCUT2D eigenvalue weighted by Crippen LogP contribution is -2.28. The fraction of sp³-hybridized carbons (Fsp3) is 0.750. The molecule has 1 aliphatic carbocycles. The largest absolute Gasteiger partial charge is 0.315 e. The lowest BCUT2D eigenvalue weighted by atomic mass is 10.0. The molecule has 0 spiro atoms. The van der Waals surface area contributed by atoms with Gasteiger partial charge in [-0.2, -0.15) is 0 Å². The summed E-state index contributed by atoms with van der Waals surface area (Å²) in [6.07, 6.45) is 6.58. The third-order valence-corrected chi connectivity index (χ3v) is 4.13. The van der Waals surface area contributed by atoms with Gasteiger partial charge >= 0.3 is 4.87 Å². The van der Waals surface area contributed by atoms with E-state index in [-0.39, 0.29) is 4.87 Å². The molecule has 4 heteroatoms. The molecule has 0 radical (unpaired) electrons. The SMILES string of the molecule is CC1CCCC(NCc2csc(=O)[nH]2)CC1. The van der Waals surface area contributed by atoms with Gasteiger partial charge in [0.1, 0.15) is 0 Å². The standard InChI is InChI=1S/C12H20N2OS/c1-9-3-2-4-10(6-5-9)13-7-11-8-16-12(15)14-11/h8-10,13H,2-7H2,1H3,(H,14,15). The Hall–Kier alpha value is -0.610. The highest BCUT2D eigenvalue weighted by atomic mass is 32.1. The highest BCUT2D eigenvalue weighted by Crippen LogP contribution is 2.22. The fourth-order valence-electron chi connectivity index (χ4n) is 2.35. The van der Waals surface area contributed by atoms with Crippen LogP contribution in [0.2, 0.25) is 0 Å². The van der Waals surface area contributed by atoms with Crippen LogP contribution in [0.25, 0.3) is 0 Å². The van der Waals surface area contributed by atoms with E-state index in [0.29, 0.717) is 6.04 Å². The van der Waals surface area contributed by atoms with Gasteiger partial charge in [0.15, 0.2) is 0 Å². The normalized spacial score (nSPS) is 26.6. The molecule has 2 atom stereocenters. The molecule has 1 aliphatic rings. The average Bonchev–Trinajstić information content (AvgIpc) is 2.56. The molecule has 1 fully saturated rings. The molecule has 16 heavy (non-hydrogen) atoms. The number of hydrogen-bond donors (Lipinski definition) is 2. The zero-order valence-electron chi connectivity index (χ0n) is 9.79. The molecule has 90 valence electrons. The van der Waals surface area contributed by atoms with Crippen LogP contribution in [0.15, 0.2) is 10.2 Å². The zero-order valence-corrected chi connectivity index (χ0v) is 10.6. The average molecular weight is 240 g/mol. The molecule has 3 nitrogen and oxygen atoms in total. The number of rotatable bonds is 3. The van der Waals surface area contributed by atoms with Crippen LogP contribution in [0.4, 0.5) is 0 Å². The minimum atomic E-state index is 0.0475. The number of hydrogen-bond acceptors (Lipinski definition) is 3. The summed E-state index contributed by atoms with van der Waals surface area (Å²) < 4.78 is 0. The van der Waals surface area contributed by atoms with Crippen molar-refractivity contribution in [1.82, 2.24) is 10.3 Å². The first kappa shape index (κ1) is 11.9. The van der Waals surface area contributed by atoms with E-state index in [2.05, 4.69) is 17.2 Å². The molecule has 2 unspecified atom stereocenters. The predicted octanol–water partition coefficient (Wildman–Crippen LogP) is 2.49. The summed E-state index contributed by atoms with van der Waals surface area (Å²) in [5.41, 5.74) is 1.02. The van der Waals surface area contributed by atoms with Crippen LogP contribution >= 0.6 is 11.3 Å². The molecule has 1 aromatic rings. The van der Waals surface area contributed by atoms with Gasteiger partial charge in [-0.25, -0.2) is 0 Å². The quantitative estimate of drug-likeness (QED) is 0.797. The van der Waals surface area contributed by atoms with Crippen LogP contribution in [0.1, 0.15) is 44.7 Å². The highest BCUT2D eigenvalue weighted by Gasteiger charge is 2.15. The highest BCUT2D eigenvalue weighted by molar-refractivity contribution is 7.07. The molecule has 2 rings (SSSR count). The Morgan fingerprint density at radius 1 is 1.44 bits per heavy atom. The molecule has 0 aromatic carbocycles. The summed E-state index contributed by atoms with van der Waals surface area (Å²) in [7, 11) is 0. The lowest BCUT2D eigenvalue weighted by molar-refractivity contribution is 0.445. The molecule has 0 bridgehead atoms. The summed E-state index contributed by atoms with van der Waals surface area (Å²) in [4.78, 5) is 13.9. The van der Waals surface area contributed by atoms with Gasteiger partial charge in [0.05, 0.1) is 0 Å². The van der Waals surface area contributed by atoms with Crippen molar-refractivity contribution in [3.8, 4) is 0 Å². The number of aromatic nitrogens is 1. The Kier molecular flexibility index (Phi) is 4.18. The maximum absolute atomic E-state index is 11.0. The first-order chi connectivity index (χ1) is 7.74. The summed E-state index contributed by atoms with van der Waals surface area (Å²) in [5, 5.41) is 5.46. The number of H-pyrrole nitrogens is 1. The van der Waals surface area contributed by atoms with E-state index in [1.807, 2.05) is 5.38 Å². The van der Waals surface area contributed by atoms with Crippen molar-refractivity contribution in [2.75, 3.05) is 0 Å². The first-order valence-electron chi connectivity index (χ1n) is 6.14. The molecule has 1 saturated carbocycles. The van der Waals surface area contributed by atoms with Crippen LogP contribution in [0, 0.1) is 5.92 Å². The van der Waals surface area contributed by atoms with Crippen molar-refractivity contribution in [2.45, 2.75) is 51.6 Å². The van der Waals surface area contributed by atoms with E-state index in [4.69, 9.17) is 0 Å². The molecule has 2 N–H and O–H groups in total. The van der Waals surface area contributed by atoms with E-state index < -0.39 is 0 Å². The van der Waals surface area contributed by atoms with E-state index in [1.54, 1.807) is 0 Å². The van der Waals surface area contributed by atoms with E-state index in [1.165, 1.54) is 43.4 Å². The van der Waals surface area contributed by atoms with Gasteiger partial charge in [-0.05, 0) is 25.2 Å². The van der Waals surface area contributed by atoms with Crippen molar-refractivity contribution < 1.29 is 0 Å². The maximum Gasteiger partial charge on any atom is 0.304 e. The number of aromatic amines is 1. The molecule has 0 amide bonds. The fourth-order valence-corrected chi connectivity index (χ4v) is 2.93. The van der Waals surface area contributed by atoms with Gasteiger partial charge in [0.2, 0.25) is 0 Å². The monoisotopic (exact) mass is 240 g/mol. The Morgan fingerprint density at radius 3 is 3.06 bits per heavy atom. The molecule has 0 saturated heterocycles. The molecule has 1 heterocycles. The van der Waals surface area contributed by atoms with Gasteiger partial charge in [-0.1, -0.05) is 31.1 Å². The Morgan fingerprint density at radius 2 is 2.31 bits per heavy atom. The van der Waals surface area contributed by atoms with Crippen LogP contribution in [0.5, 0.6) is 0 Å². The van der Waals surface area contributed by atoms with Crippen molar-refractivity contribution in [3.05, 3.63) is 20.7 Å². The van der Waals surface area contributed by atoms with Crippen molar-refractivity contribution >= 4 is 11.3 Å². The van der Waals surface area contributed by atoms with Crippen molar-refractivity contribution in [3.63, 3.8) is 0 Å². The summed E-state index contributed by atoms with van der Waals surface area (Å²) in [6.45, 7) is 3.15. The molecule has 0 aliphatic heterocycles. The Labute approximate surface area is 100 Å². The summed E-state index contributed by atoms with van der Waals surface area (Å²) in [5.74, 6) is 0.882. The van der Waals surface area contributed by atoms with Crippen molar-refractivity contribution in [2.24, 2.45) is 5.92 Å². The lowest BCUT2D eigenvalue weighted by Gasteiger charge is -2.15. The maximum atomic E-state index is 11.0. The van der Waals surface area contributed by atoms with Gasteiger partial charge in [-0.15, -0.1) is 0 Å². The van der Waals surface area contributed by atoms with E-state index >= 15 is 0 Å². The minimum Gasteiger partial charge on any atom is -0.315 e. The van der Waals surface area contributed by atoms with Gasteiger partial charge in [0, 0.05) is 23.7 Å². The summed E-state index contributed by atoms with van der Waals surface area (Å²) >= 11 is 1.24. The van der Waals surface area contributed by atoms with Crippen LogP contribution in [0.3, 0.4) is 0 Å². The Balaban J connectivity index is 1.79. The molecular formula is C12H20N2OS. The van der Waals surface area contributed by atoms with Crippen LogP contribution in [-0.2, 0) is 6.54 Å². The molecular weight excluding hydrogens is 220 g/mol. The smallest absolute Gasteiger partial charge is 0.304 e. The van der Waals surface area contributed by atoms with Crippen LogP contribution < -0.4 is 10.2 Å². The van der Waals surface area contributed by atoms with Gasteiger partial charge in [-0.3, -0.25) is 4.79 Å². The third-order valence-electron chi connectivity index (χ3n) is 3.41. The van der Waals surface area contributed by atoms with Gasteiger partial charge < -0.3 is 10.3 Å². The predicted molar refractivity (Wildman–Crippen MR) is 67.8 cm³/mol. The topological polar surface area (TPSA) is 44.9 Å². The second kappa shape index (κ2) is 5.64. The number of nitrogens with one attached hydrogen (secondary N) is 2. The van der Waals surface area contributed by atoms with E-state index in [9.17, 15) is 4.79 Å². The second-order valence-corrected chi connectivity index (χ2v) is 5.71. The second-order valence-electron chi connectivity index (χ2n) is 4.86. The Bertz CT molecular complexity index is 371. The van der Waals surface area contributed by atoms with E-state index in [0.717, 1.165) is 18.2 Å². The number of thiazole rings is 1. The minimum absolute atomic E-state index is 0.0475.